The van der Waals surface area contributed by atoms with Crippen molar-refractivity contribution in [2.24, 2.45) is 0 Å². The molecule has 0 spiro atoms. The van der Waals surface area contributed by atoms with Gasteiger partial charge in [-0.2, -0.15) is 0 Å². The van der Waals surface area contributed by atoms with Crippen LogP contribution in [-0.4, -0.2) is 9.52 Å². The average Bonchev–Trinajstić information content (AvgIpc) is 2.76. The second-order valence-electron chi connectivity index (χ2n) is 5.71. The Morgan fingerprint density at radius 3 is 2.22 bits per heavy atom. The van der Waals surface area contributed by atoms with Crippen molar-refractivity contribution in [3.8, 4) is 0 Å². The van der Waals surface area contributed by atoms with E-state index in [1.165, 1.54) is 38.5 Å². The van der Waals surface area contributed by atoms with Crippen molar-refractivity contribution in [2.45, 2.75) is 52.4 Å². The van der Waals surface area contributed by atoms with Crippen LogP contribution in [0.15, 0.2) is 50.6 Å². The standard InChI is InChI=1S/C18H25Si.3ClH.Ti/c1-3-5-7-10-15-13-16(4-2)18(14-15)19-17-11-8-6-9-12-17;;;;/h6,8-9,11-12H,3-5,7,10,14,19H2,1-2H3;3*1H;/q;;;;+3/p-3. The Labute approximate surface area is 174 Å². The zero-order valence-electron chi connectivity index (χ0n) is 14.0. The van der Waals surface area contributed by atoms with Gasteiger partial charge < -0.3 is 37.2 Å². The van der Waals surface area contributed by atoms with E-state index in [9.17, 15) is 0 Å². The minimum absolute atomic E-state index is 0. The Bertz CT molecular complexity index is 512. The van der Waals surface area contributed by atoms with Crippen molar-refractivity contribution in [1.29, 1.82) is 0 Å². The minimum atomic E-state index is -0.248. The third-order valence-corrected chi connectivity index (χ3v) is 7.21. The Hall–Kier alpha value is 0.501. The van der Waals surface area contributed by atoms with Crippen LogP contribution in [0.5, 0.6) is 0 Å². The number of allylic oxidation sites excluding steroid dienone is 4. The normalized spacial score (nSPS) is 13.9. The van der Waals surface area contributed by atoms with Crippen LogP contribution in [0.2, 0.25) is 0 Å². The van der Waals surface area contributed by atoms with Crippen LogP contribution < -0.4 is 42.4 Å². The summed E-state index contributed by atoms with van der Waals surface area (Å²) in [6.07, 6.45) is 7.92. The Morgan fingerprint density at radius 1 is 1.00 bits per heavy atom. The molecule has 0 unspecified atom stereocenters. The molecule has 23 heavy (non-hydrogen) atoms. The van der Waals surface area contributed by atoms with Crippen LogP contribution >= 0.6 is 0 Å². The molecule has 1 aromatic rings. The second kappa shape index (κ2) is 13.8. The maximum absolute atomic E-state index is 2.37. The Morgan fingerprint density at radius 2 is 1.65 bits per heavy atom. The molecule has 1 aliphatic rings. The van der Waals surface area contributed by atoms with Gasteiger partial charge in [-0.25, -0.2) is 0 Å². The number of hydrogen-bond acceptors (Lipinski definition) is 0. The summed E-state index contributed by atoms with van der Waals surface area (Å²) in [5, 5.41) is 3.40. The van der Waals surface area contributed by atoms with Crippen molar-refractivity contribution >= 4 is 14.7 Å². The molecular formula is C18H25Cl3SiTi. The van der Waals surface area contributed by atoms with Crippen molar-refractivity contribution < 1.29 is 57.7 Å². The fraction of sp³-hybridized carbons (Fsp3) is 0.444. The average molecular weight is 424 g/mol. The van der Waals surface area contributed by atoms with E-state index in [0.717, 1.165) is 0 Å². The molecule has 5 heteroatoms. The van der Waals surface area contributed by atoms with E-state index in [2.05, 4.69) is 64.6 Å². The number of hydrogen-bond donors (Lipinski definition) is 0. The monoisotopic (exact) mass is 422 g/mol. The van der Waals surface area contributed by atoms with E-state index < -0.39 is 0 Å². The molecule has 1 aliphatic carbocycles. The summed E-state index contributed by atoms with van der Waals surface area (Å²) in [6, 6.07) is 11.1. The van der Waals surface area contributed by atoms with Gasteiger partial charge in [-0.1, -0.05) is 0 Å². The van der Waals surface area contributed by atoms with Crippen molar-refractivity contribution in [2.75, 3.05) is 0 Å². The molecule has 0 radical (unpaired) electrons. The fourth-order valence-corrected chi connectivity index (χ4v) is 6.31. The predicted molar refractivity (Wildman–Crippen MR) is 87.7 cm³/mol. The van der Waals surface area contributed by atoms with E-state index in [1.807, 2.05) is 5.20 Å². The molecule has 0 saturated carbocycles. The van der Waals surface area contributed by atoms with E-state index in [4.69, 9.17) is 0 Å². The van der Waals surface area contributed by atoms with Gasteiger partial charge in [0.1, 0.15) is 0 Å². The molecule has 1 aromatic carbocycles. The molecule has 126 valence electrons. The quantitative estimate of drug-likeness (QED) is 0.304. The number of benzene rings is 1. The third-order valence-electron chi connectivity index (χ3n) is 4.20. The summed E-state index contributed by atoms with van der Waals surface area (Å²) < 4.78 is 1.64. The van der Waals surface area contributed by atoms with Crippen LogP contribution in [0, 0.1) is 0 Å². The van der Waals surface area contributed by atoms with Crippen LogP contribution in [0.4, 0.5) is 0 Å². The third kappa shape index (κ3) is 7.50. The second-order valence-corrected chi connectivity index (χ2v) is 8.51. The van der Waals surface area contributed by atoms with Crippen LogP contribution in [0.25, 0.3) is 0 Å². The number of unbranched alkanes of at least 4 members (excludes halogenated alkanes) is 2. The summed E-state index contributed by atoms with van der Waals surface area (Å²) in [7, 11) is -0.248. The van der Waals surface area contributed by atoms with Gasteiger partial charge in [-0.05, 0) is 0 Å². The molecule has 0 heterocycles. The first-order chi connectivity index (χ1) is 9.76. The molecular weight excluding hydrogens is 399 g/mol. The zero-order chi connectivity index (χ0) is 14.4. The van der Waals surface area contributed by atoms with Gasteiger partial charge in [0.15, 0.2) is 0 Å². The molecule has 0 atom stereocenters. The topological polar surface area (TPSA) is 0 Å². The molecule has 0 aliphatic heterocycles. The molecule has 2 rings (SSSR count). The van der Waals surface area contributed by atoms with Gasteiger partial charge in [0, 0.05) is 0 Å². The first-order valence-corrected chi connectivity index (χ1v) is 10.1. The fourth-order valence-electron chi connectivity index (χ4n) is 3.08. The molecule has 0 aromatic heterocycles. The summed E-state index contributed by atoms with van der Waals surface area (Å²) >= 11 is 2.37. The van der Waals surface area contributed by atoms with E-state index in [1.54, 1.807) is 20.2 Å². The van der Waals surface area contributed by atoms with Crippen LogP contribution in [-0.2, 0) is 20.4 Å². The molecule has 0 amide bonds. The number of rotatable bonds is 7. The van der Waals surface area contributed by atoms with Gasteiger partial charge in [-0.15, -0.1) is 0 Å². The number of halogens is 3. The predicted octanol–water partition coefficient (Wildman–Crippen LogP) is -5.06. The van der Waals surface area contributed by atoms with Gasteiger partial charge in [-0.3, -0.25) is 0 Å². The molecule has 0 N–H and O–H groups in total. The van der Waals surface area contributed by atoms with Gasteiger partial charge >= 0.3 is 138 Å². The molecule has 0 fully saturated rings. The maximum Gasteiger partial charge on any atom is -1.00 e. The van der Waals surface area contributed by atoms with E-state index in [0.29, 0.717) is 0 Å². The Kier molecular flexibility index (Phi) is 15.4. The molecule has 0 nitrogen and oxygen atoms in total. The van der Waals surface area contributed by atoms with Gasteiger partial charge in [0.2, 0.25) is 0 Å². The maximum atomic E-state index is 2.37. The summed E-state index contributed by atoms with van der Waals surface area (Å²) in [4.78, 5) is 0. The zero-order valence-corrected chi connectivity index (χ0v) is 19.2. The SMILES string of the molecule is CCCCCC1=[C]([Ti+3])C(CC)=C([SiH2]c2ccccc2)C1.[Cl-].[Cl-].[Cl-]. The van der Waals surface area contributed by atoms with Gasteiger partial charge in [0.05, 0.1) is 0 Å². The first-order valence-electron chi connectivity index (χ1n) is 7.95. The van der Waals surface area contributed by atoms with E-state index in [-0.39, 0.29) is 46.7 Å². The molecule has 0 bridgehead atoms. The Balaban J connectivity index is 0. The van der Waals surface area contributed by atoms with Crippen LogP contribution in [0.3, 0.4) is 0 Å². The van der Waals surface area contributed by atoms with Crippen molar-refractivity contribution in [3.63, 3.8) is 0 Å². The summed E-state index contributed by atoms with van der Waals surface area (Å²) in [5.41, 5.74) is 3.45. The largest absolute Gasteiger partial charge is 1.00 e. The summed E-state index contributed by atoms with van der Waals surface area (Å²) in [5.74, 6) is 0. The first kappa shape index (κ1) is 25.7. The minimum Gasteiger partial charge on any atom is -1.00 e. The van der Waals surface area contributed by atoms with Crippen molar-refractivity contribution in [3.05, 3.63) is 50.6 Å². The van der Waals surface area contributed by atoms with Crippen LogP contribution in [0.1, 0.15) is 52.4 Å². The smallest absolute Gasteiger partial charge is 1.00 e. The summed E-state index contributed by atoms with van der Waals surface area (Å²) in [6.45, 7) is 4.62. The van der Waals surface area contributed by atoms with Crippen molar-refractivity contribution in [1.82, 2.24) is 0 Å². The molecule has 0 saturated heterocycles. The van der Waals surface area contributed by atoms with E-state index >= 15 is 0 Å². The van der Waals surface area contributed by atoms with Gasteiger partial charge in [0.25, 0.3) is 0 Å².